The van der Waals surface area contributed by atoms with E-state index >= 15 is 0 Å². The molecule has 0 bridgehead atoms. The Bertz CT molecular complexity index is 628. The van der Waals surface area contributed by atoms with Crippen LogP contribution in [0.2, 0.25) is 0 Å². The smallest absolute Gasteiger partial charge is 0.187 e. The second-order valence-corrected chi connectivity index (χ2v) is 6.49. The first kappa shape index (κ1) is 16.7. The summed E-state index contributed by atoms with van der Waals surface area (Å²) in [7, 11) is 0. The van der Waals surface area contributed by atoms with Crippen molar-refractivity contribution >= 4 is 29.3 Å². The van der Waals surface area contributed by atoms with Gasteiger partial charge in [-0.05, 0) is 42.3 Å². The molecule has 2 aromatic rings. The molecule has 4 heteroatoms. The van der Waals surface area contributed by atoms with Crippen molar-refractivity contribution < 1.29 is 9.53 Å². The highest BCUT2D eigenvalue weighted by molar-refractivity contribution is 8.21. The van der Waals surface area contributed by atoms with E-state index in [0.29, 0.717) is 12.2 Å². The first-order chi connectivity index (χ1) is 10.7. The summed E-state index contributed by atoms with van der Waals surface area (Å²) in [6.45, 7) is 0.525. The van der Waals surface area contributed by atoms with Gasteiger partial charge in [0, 0.05) is 15.9 Å². The summed E-state index contributed by atoms with van der Waals surface area (Å²) in [5, 5.41) is 0. The quantitative estimate of drug-likeness (QED) is 0.526. The Kier molecular flexibility index (Phi) is 6.62. The number of ketones is 1. The fraction of sp³-hybridized carbons (Fsp3) is 0.167. The van der Waals surface area contributed by atoms with E-state index < -0.39 is 0 Å². The summed E-state index contributed by atoms with van der Waals surface area (Å²) >= 11 is 3.16. The number of carbonyl (C=O) groups excluding carboxylic acids is 1. The van der Waals surface area contributed by atoms with E-state index in [0.717, 1.165) is 15.6 Å². The highest BCUT2D eigenvalue weighted by Gasteiger charge is 2.05. The van der Waals surface area contributed by atoms with Crippen molar-refractivity contribution in [1.82, 2.24) is 0 Å². The first-order valence-electron chi connectivity index (χ1n) is 6.83. The molecule has 0 saturated carbocycles. The molecule has 0 fully saturated rings. The van der Waals surface area contributed by atoms with E-state index in [4.69, 9.17) is 4.74 Å². The van der Waals surface area contributed by atoms with Crippen LogP contribution in [0, 0.1) is 0 Å². The summed E-state index contributed by atoms with van der Waals surface area (Å²) in [5.74, 6) is 0.785. The van der Waals surface area contributed by atoms with Gasteiger partial charge in [0.1, 0.15) is 12.4 Å². The summed E-state index contributed by atoms with van der Waals surface area (Å²) in [4.78, 5) is 12.1. The van der Waals surface area contributed by atoms with E-state index in [2.05, 4.69) is 0 Å². The van der Waals surface area contributed by atoms with Gasteiger partial charge in [-0.15, -0.1) is 23.5 Å². The summed E-state index contributed by atoms with van der Waals surface area (Å²) in [6.07, 6.45) is 5.61. The number of benzene rings is 2. The fourth-order valence-corrected chi connectivity index (χ4v) is 2.96. The average Bonchev–Trinajstić information content (AvgIpc) is 2.59. The van der Waals surface area contributed by atoms with Gasteiger partial charge in [-0.1, -0.05) is 30.3 Å². The maximum Gasteiger partial charge on any atom is 0.187 e. The number of thioether (sulfide) groups is 2. The Labute approximate surface area is 140 Å². The number of carbonyl (C=O) groups is 1. The van der Waals surface area contributed by atoms with Gasteiger partial charge >= 0.3 is 0 Å². The molecule has 0 saturated heterocycles. The minimum absolute atomic E-state index is 0.0216. The van der Waals surface area contributed by atoms with E-state index in [-0.39, 0.29) is 5.78 Å². The normalized spacial score (nSPS) is 10.1. The van der Waals surface area contributed by atoms with Crippen LogP contribution in [0.1, 0.15) is 15.9 Å². The van der Waals surface area contributed by atoms with Gasteiger partial charge < -0.3 is 4.74 Å². The Balaban J connectivity index is 1.98. The third kappa shape index (κ3) is 4.97. The second kappa shape index (κ2) is 8.71. The molecule has 0 amide bonds. The largest absolute Gasteiger partial charge is 0.489 e. The molecule has 0 radical (unpaired) electrons. The Morgan fingerprint density at radius 2 is 1.64 bits per heavy atom. The first-order valence-corrected chi connectivity index (χ1v) is 9.28. The molecule has 0 aliphatic carbocycles. The van der Waals surface area contributed by atoms with Gasteiger partial charge in [-0.3, -0.25) is 4.79 Å². The Morgan fingerprint density at radius 3 is 2.23 bits per heavy atom. The van der Waals surface area contributed by atoms with E-state index in [1.807, 2.05) is 55.0 Å². The molecule has 0 heterocycles. The molecular formula is C18H18O2S2. The van der Waals surface area contributed by atoms with Gasteiger partial charge in [0.2, 0.25) is 0 Å². The predicted octanol–water partition coefficient (Wildman–Crippen LogP) is 5.02. The molecule has 2 rings (SSSR count). The molecule has 0 atom stereocenters. The van der Waals surface area contributed by atoms with E-state index in [1.165, 1.54) is 0 Å². The van der Waals surface area contributed by atoms with Crippen molar-refractivity contribution in [2.45, 2.75) is 6.61 Å². The molecule has 0 aromatic heterocycles. The lowest BCUT2D eigenvalue weighted by molar-refractivity contribution is 0.104. The van der Waals surface area contributed by atoms with Crippen LogP contribution < -0.4 is 4.74 Å². The Hall–Kier alpha value is -1.65. The molecule has 0 unspecified atom stereocenters. The molecule has 0 N–H and O–H groups in total. The van der Waals surface area contributed by atoms with Crippen molar-refractivity contribution in [2.24, 2.45) is 0 Å². The highest BCUT2D eigenvalue weighted by Crippen LogP contribution is 2.24. The maximum absolute atomic E-state index is 12.1. The number of allylic oxidation sites excluding steroid dienone is 1. The lowest BCUT2D eigenvalue weighted by Gasteiger charge is -2.07. The van der Waals surface area contributed by atoms with Crippen LogP contribution in [0.5, 0.6) is 5.75 Å². The highest BCUT2D eigenvalue weighted by atomic mass is 32.2. The van der Waals surface area contributed by atoms with Crippen molar-refractivity contribution in [3.8, 4) is 5.75 Å². The van der Waals surface area contributed by atoms with Gasteiger partial charge in [0.25, 0.3) is 0 Å². The molecule has 2 aromatic carbocycles. The minimum Gasteiger partial charge on any atom is -0.489 e. The molecule has 0 spiro atoms. The molecule has 114 valence electrons. The van der Waals surface area contributed by atoms with Gasteiger partial charge in [-0.25, -0.2) is 0 Å². The van der Waals surface area contributed by atoms with E-state index in [1.54, 1.807) is 41.7 Å². The SMILES string of the molecule is CSC(=CC(=O)c1ccc(OCc2ccccc2)cc1)SC. The van der Waals surface area contributed by atoms with Crippen LogP contribution in [0.15, 0.2) is 64.9 Å². The summed E-state index contributed by atoms with van der Waals surface area (Å²) in [6, 6.07) is 17.3. The van der Waals surface area contributed by atoms with E-state index in [9.17, 15) is 4.79 Å². The Morgan fingerprint density at radius 1 is 1.00 bits per heavy atom. The molecule has 22 heavy (non-hydrogen) atoms. The van der Waals surface area contributed by atoms with Crippen LogP contribution in [-0.4, -0.2) is 18.3 Å². The number of rotatable bonds is 7. The summed E-state index contributed by atoms with van der Waals surface area (Å²) in [5.41, 5.74) is 1.79. The second-order valence-electron chi connectivity index (χ2n) is 4.53. The van der Waals surface area contributed by atoms with Crippen molar-refractivity contribution in [2.75, 3.05) is 12.5 Å². The third-order valence-electron chi connectivity index (χ3n) is 3.04. The van der Waals surface area contributed by atoms with Crippen LogP contribution in [-0.2, 0) is 6.61 Å². The average molecular weight is 330 g/mol. The summed E-state index contributed by atoms with van der Waals surface area (Å²) < 4.78 is 6.72. The van der Waals surface area contributed by atoms with Crippen molar-refractivity contribution in [3.63, 3.8) is 0 Å². The standard InChI is InChI=1S/C18H18O2S2/c1-21-18(22-2)12-17(19)15-8-10-16(11-9-15)20-13-14-6-4-3-5-7-14/h3-12H,13H2,1-2H3. The van der Waals surface area contributed by atoms with Crippen LogP contribution in [0.25, 0.3) is 0 Å². The van der Waals surface area contributed by atoms with Crippen molar-refractivity contribution in [1.29, 1.82) is 0 Å². The number of hydrogen-bond acceptors (Lipinski definition) is 4. The lowest BCUT2D eigenvalue weighted by Crippen LogP contribution is -1.97. The number of hydrogen-bond donors (Lipinski definition) is 0. The lowest BCUT2D eigenvalue weighted by atomic mass is 10.1. The van der Waals surface area contributed by atoms with Gasteiger partial charge in [0.05, 0.1) is 0 Å². The predicted molar refractivity (Wildman–Crippen MR) is 96.7 cm³/mol. The van der Waals surface area contributed by atoms with Crippen LogP contribution in [0.3, 0.4) is 0 Å². The zero-order valence-corrected chi connectivity index (χ0v) is 14.2. The molecule has 0 aliphatic heterocycles. The molecular weight excluding hydrogens is 312 g/mol. The zero-order chi connectivity index (χ0) is 15.8. The third-order valence-corrected chi connectivity index (χ3v) is 5.08. The molecule has 2 nitrogen and oxygen atoms in total. The zero-order valence-electron chi connectivity index (χ0n) is 12.6. The fourth-order valence-electron chi connectivity index (χ4n) is 1.85. The minimum atomic E-state index is 0.0216. The monoisotopic (exact) mass is 330 g/mol. The molecule has 0 aliphatic rings. The van der Waals surface area contributed by atoms with Gasteiger partial charge in [-0.2, -0.15) is 0 Å². The topological polar surface area (TPSA) is 26.3 Å². The van der Waals surface area contributed by atoms with Crippen LogP contribution >= 0.6 is 23.5 Å². The van der Waals surface area contributed by atoms with Gasteiger partial charge in [0.15, 0.2) is 5.78 Å². The van der Waals surface area contributed by atoms with Crippen LogP contribution in [0.4, 0.5) is 0 Å². The van der Waals surface area contributed by atoms with Crippen molar-refractivity contribution in [3.05, 3.63) is 76.0 Å². The number of ether oxygens (including phenoxy) is 1. The maximum atomic E-state index is 12.1.